The maximum Gasteiger partial charge on any atom is 0.305 e. The Morgan fingerprint density at radius 1 is 0.778 bits per heavy atom. The van der Waals surface area contributed by atoms with Crippen LogP contribution in [0.25, 0.3) is 0 Å². The van der Waals surface area contributed by atoms with E-state index in [-0.39, 0.29) is 17.7 Å². The van der Waals surface area contributed by atoms with E-state index >= 15 is 0 Å². The van der Waals surface area contributed by atoms with E-state index in [4.69, 9.17) is 9.47 Å². The van der Waals surface area contributed by atoms with Crippen LogP contribution < -0.4 is 0 Å². The molecule has 0 saturated heterocycles. The predicted molar refractivity (Wildman–Crippen MR) is 218 cm³/mol. The van der Waals surface area contributed by atoms with Crippen LogP contribution in [0.15, 0.2) is 35.5 Å². The standard InChI is InChI=1S/C20H30O2.C17H26O2.C13H20/c1-4-19(21)22-15-9-16-14-8-13(3)20(11-14,18(16)10-15)17-7-5-6-12(17)2;1-4-12(2)8-16-10-17(19-11-18,9-13(16)3)15-7-5-6-14(15)16;1-3-13-8-10(7-9(13)2)11-5-4-6-12(11)13/h13-16,18H,4-11H2,1-3H3;8,11,13-15H,4-7,9-10H2,1-3H3;3,9-12H,1,4-8H2,2H3/b;12-8-;. The van der Waals surface area contributed by atoms with Crippen LogP contribution in [-0.2, 0) is 19.1 Å². The number of fused-ring (bicyclic) bond motifs is 15. The lowest BCUT2D eigenvalue weighted by molar-refractivity contribution is -0.150. The Bertz CT molecular complexity index is 1520. The highest BCUT2D eigenvalue weighted by Gasteiger charge is 2.70. The highest BCUT2D eigenvalue weighted by Crippen LogP contribution is 2.73. The second-order valence-electron chi connectivity index (χ2n) is 21.2. The fourth-order valence-corrected chi connectivity index (χ4v) is 17.4. The van der Waals surface area contributed by atoms with Gasteiger partial charge < -0.3 is 9.47 Å². The van der Waals surface area contributed by atoms with Gasteiger partial charge in [0.2, 0.25) is 0 Å². The van der Waals surface area contributed by atoms with Crippen LogP contribution in [0.3, 0.4) is 0 Å². The lowest BCUT2D eigenvalue weighted by atomic mass is 9.61. The molecule has 0 heterocycles. The maximum absolute atomic E-state index is 11.7. The fourth-order valence-electron chi connectivity index (χ4n) is 17.4. The molecule has 9 fully saturated rings. The van der Waals surface area contributed by atoms with Gasteiger partial charge in [0.25, 0.3) is 6.47 Å². The Kier molecular flexibility index (Phi) is 10.5. The molecule has 10 rings (SSSR count). The van der Waals surface area contributed by atoms with Gasteiger partial charge in [-0.25, -0.2) is 0 Å². The molecule has 0 aliphatic heterocycles. The Balaban J connectivity index is 0.000000118. The number of rotatable bonds is 8. The first kappa shape index (κ1) is 39.0. The summed E-state index contributed by atoms with van der Waals surface area (Å²) in [6.45, 7) is 20.9. The summed E-state index contributed by atoms with van der Waals surface area (Å²) >= 11 is 0. The highest BCUT2D eigenvalue weighted by molar-refractivity contribution is 5.69. The van der Waals surface area contributed by atoms with Crippen molar-refractivity contribution < 1.29 is 19.1 Å². The molecule has 300 valence electrons. The van der Waals surface area contributed by atoms with Crippen LogP contribution in [0.5, 0.6) is 0 Å². The summed E-state index contributed by atoms with van der Waals surface area (Å²) in [5.41, 5.74) is 6.26. The van der Waals surface area contributed by atoms with E-state index in [0.717, 1.165) is 85.4 Å². The molecule has 0 aromatic carbocycles. The van der Waals surface area contributed by atoms with Crippen LogP contribution in [0.2, 0.25) is 0 Å². The lowest BCUT2D eigenvalue weighted by Gasteiger charge is -2.43. The minimum Gasteiger partial charge on any atom is -0.462 e. The monoisotopic (exact) mass is 741 g/mol. The molecule has 9 saturated carbocycles. The summed E-state index contributed by atoms with van der Waals surface area (Å²) in [7, 11) is 0. The maximum atomic E-state index is 11.7. The van der Waals surface area contributed by atoms with E-state index in [1.165, 1.54) is 89.0 Å². The Hall–Kier alpha value is -1.84. The lowest BCUT2D eigenvalue weighted by Crippen LogP contribution is -2.40. The molecule has 4 nitrogen and oxygen atoms in total. The number of allylic oxidation sites excluding steroid dienone is 5. The molecule has 16 unspecified atom stereocenters. The minimum absolute atomic E-state index is 0.00400. The number of esters is 1. The molecule has 0 N–H and O–H groups in total. The van der Waals surface area contributed by atoms with Gasteiger partial charge in [-0.1, -0.05) is 76.3 Å². The van der Waals surface area contributed by atoms with E-state index in [1.807, 2.05) is 12.5 Å². The second-order valence-corrected chi connectivity index (χ2v) is 21.2. The van der Waals surface area contributed by atoms with Crippen LogP contribution in [0.4, 0.5) is 0 Å². The summed E-state index contributed by atoms with van der Waals surface area (Å²) in [4.78, 5) is 22.7. The minimum atomic E-state index is -0.132. The molecule has 54 heavy (non-hydrogen) atoms. The van der Waals surface area contributed by atoms with Crippen molar-refractivity contribution in [2.45, 2.75) is 182 Å². The molecule has 0 aromatic heterocycles. The smallest absolute Gasteiger partial charge is 0.305 e. The molecule has 10 aliphatic carbocycles. The van der Waals surface area contributed by atoms with Gasteiger partial charge in [0, 0.05) is 12.3 Å². The van der Waals surface area contributed by atoms with Crippen molar-refractivity contribution in [2.24, 2.45) is 81.3 Å². The third-order valence-electron chi connectivity index (χ3n) is 19.5. The van der Waals surface area contributed by atoms with E-state index < -0.39 is 0 Å². The van der Waals surface area contributed by atoms with Crippen molar-refractivity contribution in [3.63, 3.8) is 0 Å². The normalized spacial score (nSPS) is 49.9. The zero-order chi connectivity index (χ0) is 38.2. The third-order valence-corrected chi connectivity index (χ3v) is 19.5. The first-order chi connectivity index (χ1) is 25.9. The Morgan fingerprint density at radius 2 is 1.50 bits per heavy atom. The van der Waals surface area contributed by atoms with Crippen LogP contribution in [0, 0.1) is 81.3 Å². The van der Waals surface area contributed by atoms with Crippen molar-refractivity contribution in [1.29, 1.82) is 0 Å². The SMILES string of the molecule is C=CC12CC(CC1C)C1CCCC12.CC/C(C)=C\C12CC(OC=O)(CC1C)C1CCCC12.CCC(=O)OC1CC2C3CC(C)C(C4=C(C)CCC4)(C3)C2C1. The average molecular weight is 741 g/mol. The topological polar surface area (TPSA) is 52.6 Å². The number of carbonyl (C=O) groups excluding carboxylic acids is 2. The predicted octanol–water partition coefficient (Wildman–Crippen LogP) is 12.6. The average Bonchev–Trinajstić information content (AvgIpc) is 3.98. The van der Waals surface area contributed by atoms with Crippen LogP contribution in [-0.4, -0.2) is 24.1 Å². The number of ether oxygens (including phenoxy) is 2. The van der Waals surface area contributed by atoms with Gasteiger partial charge in [0.05, 0.1) is 0 Å². The molecule has 16 atom stereocenters. The zero-order valence-electron chi connectivity index (χ0n) is 35.4. The summed E-state index contributed by atoms with van der Waals surface area (Å²) in [6, 6.07) is 0. The van der Waals surface area contributed by atoms with Crippen molar-refractivity contribution in [2.75, 3.05) is 0 Å². The van der Waals surface area contributed by atoms with Crippen molar-refractivity contribution in [1.82, 2.24) is 0 Å². The van der Waals surface area contributed by atoms with Gasteiger partial charge >= 0.3 is 5.97 Å². The van der Waals surface area contributed by atoms with Gasteiger partial charge in [0.15, 0.2) is 0 Å². The van der Waals surface area contributed by atoms with E-state index in [1.54, 1.807) is 5.57 Å². The number of carbonyl (C=O) groups is 2. The first-order valence-corrected chi connectivity index (χ1v) is 23.2. The summed E-state index contributed by atoms with van der Waals surface area (Å²) < 4.78 is 11.4. The van der Waals surface area contributed by atoms with Gasteiger partial charge in [-0.15, -0.1) is 6.58 Å². The van der Waals surface area contributed by atoms with Crippen molar-refractivity contribution in [3.05, 3.63) is 35.5 Å². The first-order valence-electron chi connectivity index (χ1n) is 23.2. The summed E-state index contributed by atoms with van der Waals surface area (Å²) in [6.07, 6.45) is 29.4. The van der Waals surface area contributed by atoms with Crippen LogP contribution in [0.1, 0.15) is 170 Å². The second kappa shape index (κ2) is 14.5. The van der Waals surface area contributed by atoms with E-state index in [2.05, 4.69) is 60.3 Å². The number of hydrogen-bond donors (Lipinski definition) is 0. The summed E-state index contributed by atoms with van der Waals surface area (Å²) in [5.74, 6) is 9.47. The Morgan fingerprint density at radius 3 is 2.20 bits per heavy atom. The largest absolute Gasteiger partial charge is 0.462 e. The summed E-state index contributed by atoms with van der Waals surface area (Å²) in [5, 5.41) is 0. The van der Waals surface area contributed by atoms with Crippen molar-refractivity contribution >= 4 is 12.4 Å². The molecule has 10 aliphatic rings. The molecule has 0 amide bonds. The number of hydrogen-bond acceptors (Lipinski definition) is 4. The van der Waals surface area contributed by atoms with Gasteiger partial charge in [-0.05, 0) is 192 Å². The van der Waals surface area contributed by atoms with Gasteiger partial charge in [0.1, 0.15) is 11.7 Å². The molecule has 4 heteroatoms. The fraction of sp³-hybridized carbons (Fsp3) is 0.840. The highest BCUT2D eigenvalue weighted by atomic mass is 16.5. The van der Waals surface area contributed by atoms with Gasteiger partial charge in [-0.2, -0.15) is 0 Å². The molecule has 0 spiro atoms. The molecule has 0 radical (unpaired) electrons. The Labute approximate surface area is 329 Å². The quantitative estimate of drug-likeness (QED) is 0.141. The van der Waals surface area contributed by atoms with Gasteiger partial charge in [-0.3, -0.25) is 9.59 Å². The third kappa shape index (κ3) is 5.75. The molecular weight excluding hydrogens is 665 g/mol. The molecule has 0 aromatic rings. The van der Waals surface area contributed by atoms with Crippen molar-refractivity contribution in [3.8, 4) is 0 Å². The van der Waals surface area contributed by atoms with Crippen LogP contribution >= 0.6 is 0 Å². The molecular formula is C50H76O4. The molecule has 6 bridgehead atoms. The zero-order valence-corrected chi connectivity index (χ0v) is 35.4. The van der Waals surface area contributed by atoms with E-state index in [9.17, 15) is 9.59 Å². The van der Waals surface area contributed by atoms with E-state index in [0.29, 0.717) is 41.0 Å².